The molecule has 3 rings (SSSR count). The standard InChI is InChI=1S/C20H30N2O3S/c1-21(20(23)13-19-9-12-26(24,25)16-19)14-18-7-10-22(11-8-18)15-17-5-3-2-4-6-17/h2-6,18-19H,7-16H2,1H3/t19-/m0/s1. The van der Waals surface area contributed by atoms with E-state index < -0.39 is 9.84 Å². The van der Waals surface area contributed by atoms with Crippen molar-refractivity contribution in [1.82, 2.24) is 9.80 Å². The number of carbonyl (C=O) groups excluding carboxylic acids is 1. The lowest BCUT2D eigenvalue weighted by Gasteiger charge is -2.34. The number of nitrogens with zero attached hydrogens (tertiary/aromatic N) is 2. The third-order valence-corrected chi connectivity index (χ3v) is 7.54. The van der Waals surface area contributed by atoms with E-state index in [4.69, 9.17) is 0 Å². The summed E-state index contributed by atoms with van der Waals surface area (Å²) in [5.41, 5.74) is 1.35. The Morgan fingerprint density at radius 1 is 1.12 bits per heavy atom. The fourth-order valence-corrected chi connectivity index (χ4v) is 5.96. The molecule has 1 aromatic rings. The fourth-order valence-electron chi connectivity index (χ4n) is 4.09. The molecule has 0 bridgehead atoms. The molecular formula is C20H30N2O3S. The second-order valence-corrected chi connectivity index (χ2v) is 10.2. The SMILES string of the molecule is CN(CC1CCN(Cc2ccccc2)CC1)C(=O)C[C@@H]1CCS(=O)(=O)C1. The molecule has 0 aromatic heterocycles. The van der Waals surface area contributed by atoms with Crippen LogP contribution in [-0.2, 0) is 21.2 Å². The second-order valence-electron chi connectivity index (χ2n) is 7.95. The highest BCUT2D eigenvalue weighted by Crippen LogP contribution is 2.24. The number of hydrogen-bond acceptors (Lipinski definition) is 4. The highest BCUT2D eigenvalue weighted by Gasteiger charge is 2.30. The van der Waals surface area contributed by atoms with Crippen LogP contribution in [0.2, 0.25) is 0 Å². The minimum atomic E-state index is -2.90. The van der Waals surface area contributed by atoms with E-state index in [1.807, 2.05) is 18.0 Å². The number of likely N-dealkylation sites (tertiary alicyclic amines) is 1. The number of piperidine rings is 1. The molecule has 1 aromatic carbocycles. The quantitative estimate of drug-likeness (QED) is 0.761. The zero-order valence-corrected chi connectivity index (χ0v) is 16.5. The fraction of sp³-hybridized carbons (Fsp3) is 0.650. The summed E-state index contributed by atoms with van der Waals surface area (Å²) < 4.78 is 23.1. The van der Waals surface area contributed by atoms with Gasteiger partial charge in [-0.05, 0) is 49.8 Å². The highest BCUT2D eigenvalue weighted by atomic mass is 32.2. The van der Waals surface area contributed by atoms with Crippen molar-refractivity contribution in [2.24, 2.45) is 11.8 Å². The third kappa shape index (κ3) is 5.55. The van der Waals surface area contributed by atoms with E-state index in [1.165, 1.54) is 5.56 Å². The summed E-state index contributed by atoms with van der Waals surface area (Å²) in [5.74, 6) is 1.09. The maximum Gasteiger partial charge on any atom is 0.222 e. The normalized spacial score (nSPS) is 23.8. The van der Waals surface area contributed by atoms with Gasteiger partial charge in [-0.25, -0.2) is 8.42 Å². The van der Waals surface area contributed by atoms with Crippen LogP contribution in [-0.4, -0.2) is 62.3 Å². The molecule has 2 heterocycles. The molecule has 0 N–H and O–H groups in total. The first kappa shape index (κ1) is 19.4. The summed E-state index contributed by atoms with van der Waals surface area (Å²) in [7, 11) is -1.04. The molecule has 0 saturated carbocycles. The van der Waals surface area contributed by atoms with Gasteiger partial charge in [0.25, 0.3) is 0 Å². The van der Waals surface area contributed by atoms with Crippen molar-refractivity contribution < 1.29 is 13.2 Å². The van der Waals surface area contributed by atoms with Crippen LogP contribution in [0.3, 0.4) is 0 Å². The number of sulfone groups is 1. The van der Waals surface area contributed by atoms with Crippen LogP contribution in [0.15, 0.2) is 30.3 Å². The minimum Gasteiger partial charge on any atom is -0.345 e. The van der Waals surface area contributed by atoms with E-state index in [9.17, 15) is 13.2 Å². The molecule has 0 aliphatic carbocycles. The second kappa shape index (κ2) is 8.53. The molecule has 144 valence electrons. The van der Waals surface area contributed by atoms with Gasteiger partial charge >= 0.3 is 0 Å². The molecule has 1 amide bonds. The molecule has 1 atom stereocenters. The average molecular weight is 379 g/mol. The van der Waals surface area contributed by atoms with E-state index in [2.05, 4.69) is 29.2 Å². The molecular weight excluding hydrogens is 348 g/mol. The number of benzene rings is 1. The van der Waals surface area contributed by atoms with Crippen molar-refractivity contribution >= 4 is 15.7 Å². The molecule has 26 heavy (non-hydrogen) atoms. The Labute approximate surface area is 157 Å². The Hall–Kier alpha value is -1.40. The summed E-state index contributed by atoms with van der Waals surface area (Å²) in [4.78, 5) is 16.7. The van der Waals surface area contributed by atoms with Crippen molar-refractivity contribution in [3.05, 3.63) is 35.9 Å². The van der Waals surface area contributed by atoms with E-state index >= 15 is 0 Å². The monoisotopic (exact) mass is 378 g/mol. The lowest BCUT2D eigenvalue weighted by molar-refractivity contribution is -0.131. The smallest absolute Gasteiger partial charge is 0.222 e. The molecule has 6 heteroatoms. The van der Waals surface area contributed by atoms with Gasteiger partial charge in [-0.3, -0.25) is 9.69 Å². The lowest BCUT2D eigenvalue weighted by Crippen LogP contribution is -2.39. The van der Waals surface area contributed by atoms with Crippen molar-refractivity contribution in [3.8, 4) is 0 Å². The van der Waals surface area contributed by atoms with Crippen molar-refractivity contribution in [3.63, 3.8) is 0 Å². The molecule has 5 nitrogen and oxygen atoms in total. The Balaban J connectivity index is 1.39. The minimum absolute atomic E-state index is 0.0164. The maximum absolute atomic E-state index is 12.4. The Morgan fingerprint density at radius 3 is 2.42 bits per heavy atom. The van der Waals surface area contributed by atoms with Gasteiger partial charge in [0.05, 0.1) is 11.5 Å². The summed E-state index contributed by atoms with van der Waals surface area (Å²) in [6, 6.07) is 10.5. The van der Waals surface area contributed by atoms with Crippen LogP contribution in [0, 0.1) is 11.8 Å². The Kier molecular flexibility index (Phi) is 6.35. The first-order valence-electron chi connectivity index (χ1n) is 9.62. The summed E-state index contributed by atoms with van der Waals surface area (Å²) >= 11 is 0. The summed E-state index contributed by atoms with van der Waals surface area (Å²) in [6.45, 7) is 3.93. The molecule has 2 aliphatic rings. The Bertz CT molecular complexity index is 697. The van der Waals surface area contributed by atoms with Crippen molar-refractivity contribution in [2.45, 2.75) is 32.2 Å². The zero-order valence-electron chi connectivity index (χ0n) is 15.6. The first-order chi connectivity index (χ1) is 12.4. The number of hydrogen-bond donors (Lipinski definition) is 0. The molecule has 2 saturated heterocycles. The lowest BCUT2D eigenvalue weighted by atomic mass is 9.95. The van der Waals surface area contributed by atoms with Crippen LogP contribution in [0.25, 0.3) is 0 Å². The topological polar surface area (TPSA) is 57.7 Å². The number of carbonyl (C=O) groups is 1. The van der Waals surface area contributed by atoms with Crippen LogP contribution in [0.1, 0.15) is 31.2 Å². The highest BCUT2D eigenvalue weighted by molar-refractivity contribution is 7.91. The van der Waals surface area contributed by atoms with Gasteiger partial charge in [0, 0.05) is 26.6 Å². The average Bonchev–Trinajstić information content (AvgIpc) is 2.96. The van der Waals surface area contributed by atoms with Gasteiger partial charge in [0.1, 0.15) is 0 Å². The molecule has 0 spiro atoms. The van der Waals surface area contributed by atoms with E-state index in [1.54, 1.807) is 0 Å². The molecule has 2 aliphatic heterocycles. The van der Waals surface area contributed by atoms with Crippen LogP contribution in [0.4, 0.5) is 0 Å². The predicted octanol–water partition coefficient (Wildman–Crippen LogP) is 2.18. The summed E-state index contributed by atoms with van der Waals surface area (Å²) in [5, 5.41) is 0. The van der Waals surface area contributed by atoms with Gasteiger partial charge in [-0.15, -0.1) is 0 Å². The first-order valence-corrected chi connectivity index (χ1v) is 11.4. The van der Waals surface area contributed by atoms with Gasteiger partial charge in [-0.2, -0.15) is 0 Å². The van der Waals surface area contributed by atoms with Gasteiger partial charge in [-0.1, -0.05) is 30.3 Å². The van der Waals surface area contributed by atoms with E-state index in [0.717, 1.165) is 39.0 Å². The summed E-state index contributed by atoms with van der Waals surface area (Å²) in [6.07, 6.45) is 3.24. The Morgan fingerprint density at radius 2 is 1.81 bits per heavy atom. The van der Waals surface area contributed by atoms with Crippen molar-refractivity contribution in [2.75, 3.05) is 38.2 Å². The van der Waals surface area contributed by atoms with E-state index in [-0.39, 0.29) is 23.3 Å². The largest absolute Gasteiger partial charge is 0.345 e. The number of rotatable bonds is 6. The van der Waals surface area contributed by atoms with E-state index in [0.29, 0.717) is 18.8 Å². The predicted molar refractivity (Wildman–Crippen MR) is 103 cm³/mol. The molecule has 0 unspecified atom stereocenters. The van der Waals surface area contributed by atoms with Gasteiger partial charge in [0.15, 0.2) is 9.84 Å². The van der Waals surface area contributed by atoms with Crippen LogP contribution >= 0.6 is 0 Å². The van der Waals surface area contributed by atoms with Crippen molar-refractivity contribution in [1.29, 1.82) is 0 Å². The third-order valence-electron chi connectivity index (χ3n) is 5.70. The molecule has 2 fully saturated rings. The zero-order chi connectivity index (χ0) is 18.6. The van der Waals surface area contributed by atoms with Gasteiger partial charge < -0.3 is 4.90 Å². The molecule has 0 radical (unpaired) electrons. The van der Waals surface area contributed by atoms with Crippen LogP contribution in [0.5, 0.6) is 0 Å². The number of amides is 1. The maximum atomic E-state index is 12.4. The van der Waals surface area contributed by atoms with Crippen LogP contribution < -0.4 is 0 Å². The van der Waals surface area contributed by atoms with Gasteiger partial charge in [0.2, 0.25) is 5.91 Å².